The van der Waals surface area contributed by atoms with Crippen LogP contribution in [0.3, 0.4) is 0 Å². The molecule has 0 atom stereocenters. The first-order valence-corrected chi connectivity index (χ1v) is 7.85. The fourth-order valence-electron chi connectivity index (χ4n) is 1.89. The molecule has 0 N–H and O–H groups in total. The normalized spacial score (nSPS) is 11.1. The molecule has 1 heterocycles. The van der Waals surface area contributed by atoms with E-state index in [0.717, 1.165) is 6.54 Å². The minimum absolute atomic E-state index is 0.0183. The predicted octanol–water partition coefficient (Wildman–Crippen LogP) is 3.34. The first-order chi connectivity index (χ1) is 9.91. The molecular weight excluding hydrogens is 405 g/mol. The largest absolute Gasteiger partial charge is 0.308 e. The van der Waals surface area contributed by atoms with Crippen molar-refractivity contribution in [3.05, 3.63) is 50.4 Å². The topological polar surface area (TPSA) is 38.1 Å². The summed E-state index contributed by atoms with van der Waals surface area (Å²) in [7, 11) is 3.88. The van der Waals surface area contributed by atoms with Gasteiger partial charge in [-0.3, -0.25) is 9.48 Å². The molecule has 1 aromatic heterocycles. The van der Waals surface area contributed by atoms with E-state index in [1.807, 2.05) is 19.0 Å². The van der Waals surface area contributed by atoms with Gasteiger partial charge in [-0.05, 0) is 58.1 Å². The van der Waals surface area contributed by atoms with Gasteiger partial charge in [-0.15, -0.1) is 0 Å². The van der Waals surface area contributed by atoms with E-state index in [9.17, 15) is 9.18 Å². The molecule has 2 aromatic rings. The number of carbonyl (C=O) groups excluding carboxylic acids is 1. The number of ketones is 1. The summed E-state index contributed by atoms with van der Waals surface area (Å²) in [6, 6.07) is 4.46. The fourth-order valence-corrected chi connectivity index (χ4v) is 2.88. The van der Waals surface area contributed by atoms with Gasteiger partial charge in [0.2, 0.25) is 5.78 Å². The average Bonchev–Trinajstić information content (AvgIpc) is 2.77. The maximum Gasteiger partial charge on any atom is 0.216 e. The smallest absolute Gasteiger partial charge is 0.216 e. The van der Waals surface area contributed by atoms with Crippen molar-refractivity contribution in [2.45, 2.75) is 6.54 Å². The van der Waals surface area contributed by atoms with Crippen LogP contribution in [0.4, 0.5) is 4.39 Å². The Morgan fingerprint density at radius 1 is 1.33 bits per heavy atom. The standard InChI is InChI=1S/C14H14Br2FN3O/c1-19(2)6-7-20-13(10(16)8-18-20)14(21)12-9(15)4-3-5-11(12)17/h3-5,8H,6-7H2,1-2H3. The third kappa shape index (κ3) is 3.59. The van der Waals surface area contributed by atoms with Crippen molar-refractivity contribution >= 4 is 37.6 Å². The van der Waals surface area contributed by atoms with Crippen molar-refractivity contribution in [1.82, 2.24) is 14.7 Å². The molecule has 0 aliphatic carbocycles. The molecular formula is C14H14Br2FN3O. The molecule has 2 rings (SSSR count). The van der Waals surface area contributed by atoms with Gasteiger partial charge in [0.15, 0.2) is 0 Å². The van der Waals surface area contributed by atoms with Gasteiger partial charge in [-0.2, -0.15) is 5.10 Å². The summed E-state index contributed by atoms with van der Waals surface area (Å²) in [6.07, 6.45) is 1.55. The molecule has 112 valence electrons. The molecule has 0 bridgehead atoms. The summed E-state index contributed by atoms with van der Waals surface area (Å²) in [5.41, 5.74) is 0.368. The number of aromatic nitrogens is 2. The number of nitrogens with zero attached hydrogens (tertiary/aromatic N) is 3. The maximum atomic E-state index is 14.0. The Kier molecular flexibility index (Phi) is 5.29. The van der Waals surface area contributed by atoms with Crippen LogP contribution in [0.1, 0.15) is 16.1 Å². The Morgan fingerprint density at radius 2 is 2.05 bits per heavy atom. The highest BCUT2D eigenvalue weighted by molar-refractivity contribution is 9.10. The first-order valence-electron chi connectivity index (χ1n) is 6.26. The van der Waals surface area contributed by atoms with Crippen molar-refractivity contribution in [3.8, 4) is 0 Å². The minimum Gasteiger partial charge on any atom is -0.308 e. The Hall–Kier alpha value is -1.05. The zero-order valence-corrected chi connectivity index (χ0v) is 14.8. The zero-order chi connectivity index (χ0) is 15.6. The zero-order valence-electron chi connectivity index (χ0n) is 11.6. The van der Waals surface area contributed by atoms with Crippen LogP contribution in [-0.4, -0.2) is 41.1 Å². The number of hydrogen-bond acceptors (Lipinski definition) is 3. The summed E-state index contributed by atoms with van der Waals surface area (Å²) in [6.45, 7) is 1.28. The molecule has 0 saturated carbocycles. The molecule has 0 saturated heterocycles. The van der Waals surface area contributed by atoms with Crippen LogP contribution >= 0.6 is 31.9 Å². The van der Waals surface area contributed by atoms with Crippen LogP contribution in [-0.2, 0) is 6.54 Å². The van der Waals surface area contributed by atoms with E-state index in [4.69, 9.17) is 0 Å². The summed E-state index contributed by atoms with van der Waals surface area (Å²) in [4.78, 5) is 14.6. The second-order valence-electron chi connectivity index (χ2n) is 4.79. The highest BCUT2D eigenvalue weighted by Crippen LogP contribution is 2.26. The van der Waals surface area contributed by atoms with Gasteiger partial charge >= 0.3 is 0 Å². The van der Waals surface area contributed by atoms with Gasteiger partial charge in [0.25, 0.3) is 0 Å². The van der Waals surface area contributed by atoms with E-state index in [-0.39, 0.29) is 5.56 Å². The molecule has 0 aliphatic rings. The Bertz CT molecular complexity index is 650. The van der Waals surface area contributed by atoms with Gasteiger partial charge in [-0.25, -0.2) is 4.39 Å². The molecule has 21 heavy (non-hydrogen) atoms. The molecule has 7 heteroatoms. The maximum absolute atomic E-state index is 14.0. The molecule has 0 amide bonds. The van der Waals surface area contributed by atoms with E-state index in [1.165, 1.54) is 6.07 Å². The molecule has 0 spiro atoms. The van der Waals surface area contributed by atoms with Crippen molar-refractivity contribution in [2.75, 3.05) is 20.6 Å². The number of benzene rings is 1. The highest BCUT2D eigenvalue weighted by atomic mass is 79.9. The van der Waals surface area contributed by atoms with Crippen molar-refractivity contribution in [3.63, 3.8) is 0 Å². The number of carbonyl (C=O) groups is 1. The second kappa shape index (κ2) is 6.81. The SMILES string of the molecule is CN(C)CCn1ncc(Br)c1C(=O)c1c(F)cccc1Br. The number of rotatable bonds is 5. The van der Waals surface area contributed by atoms with Gasteiger partial charge in [0, 0.05) is 11.0 Å². The first kappa shape index (κ1) is 16.3. The monoisotopic (exact) mass is 417 g/mol. The van der Waals surface area contributed by atoms with Crippen LogP contribution < -0.4 is 0 Å². The van der Waals surface area contributed by atoms with Crippen LogP contribution in [0.5, 0.6) is 0 Å². The minimum atomic E-state index is -0.554. The third-order valence-corrected chi connectivity index (χ3v) is 4.20. The molecule has 0 aliphatic heterocycles. The van der Waals surface area contributed by atoms with Crippen molar-refractivity contribution < 1.29 is 9.18 Å². The molecule has 0 unspecified atom stereocenters. The van der Waals surface area contributed by atoms with Crippen molar-refractivity contribution in [2.24, 2.45) is 0 Å². The van der Waals surface area contributed by atoms with Crippen LogP contribution in [0.25, 0.3) is 0 Å². The van der Waals surface area contributed by atoms with Gasteiger partial charge in [0.1, 0.15) is 11.5 Å². The summed E-state index contributed by atoms with van der Waals surface area (Å²) in [5, 5.41) is 4.18. The predicted molar refractivity (Wildman–Crippen MR) is 86.0 cm³/mol. The van der Waals surface area contributed by atoms with Crippen LogP contribution in [0.2, 0.25) is 0 Å². The summed E-state index contributed by atoms with van der Waals surface area (Å²) >= 11 is 6.55. The fraction of sp³-hybridized carbons (Fsp3) is 0.286. The lowest BCUT2D eigenvalue weighted by atomic mass is 10.1. The highest BCUT2D eigenvalue weighted by Gasteiger charge is 2.23. The van der Waals surface area contributed by atoms with Crippen LogP contribution in [0.15, 0.2) is 33.3 Å². The second-order valence-corrected chi connectivity index (χ2v) is 6.50. The number of halogens is 3. The molecule has 0 radical (unpaired) electrons. The lowest BCUT2D eigenvalue weighted by molar-refractivity contribution is 0.102. The lowest BCUT2D eigenvalue weighted by Gasteiger charge is -2.12. The van der Waals surface area contributed by atoms with Gasteiger partial charge < -0.3 is 4.90 Å². The third-order valence-electron chi connectivity index (χ3n) is 2.96. The van der Waals surface area contributed by atoms with E-state index in [1.54, 1.807) is 23.0 Å². The summed E-state index contributed by atoms with van der Waals surface area (Å²) < 4.78 is 16.5. The van der Waals surface area contributed by atoms with E-state index >= 15 is 0 Å². The average molecular weight is 419 g/mol. The Morgan fingerprint density at radius 3 is 2.67 bits per heavy atom. The number of hydrogen-bond donors (Lipinski definition) is 0. The van der Waals surface area contributed by atoms with E-state index in [2.05, 4.69) is 37.0 Å². The van der Waals surface area contributed by atoms with E-state index < -0.39 is 11.6 Å². The molecule has 1 aromatic carbocycles. The van der Waals surface area contributed by atoms with Crippen LogP contribution in [0, 0.1) is 5.82 Å². The Balaban J connectivity index is 2.42. The van der Waals surface area contributed by atoms with Gasteiger partial charge in [-0.1, -0.05) is 6.07 Å². The lowest BCUT2D eigenvalue weighted by Crippen LogP contribution is -2.22. The Labute approximate surface area is 139 Å². The van der Waals surface area contributed by atoms with Crippen molar-refractivity contribution in [1.29, 1.82) is 0 Å². The molecule has 0 fully saturated rings. The number of likely N-dealkylation sites (N-methyl/N-ethyl adjacent to an activating group) is 1. The molecule has 4 nitrogen and oxygen atoms in total. The van der Waals surface area contributed by atoms with E-state index in [0.29, 0.717) is 21.2 Å². The quantitative estimate of drug-likeness (QED) is 0.699. The van der Waals surface area contributed by atoms with Gasteiger partial charge in [0.05, 0.1) is 22.8 Å². The summed E-state index contributed by atoms with van der Waals surface area (Å²) in [5.74, 6) is -0.954.